The van der Waals surface area contributed by atoms with Crippen LogP contribution in [0.5, 0.6) is 0 Å². The predicted octanol–water partition coefficient (Wildman–Crippen LogP) is -12.0. The number of aliphatic hydroxyl groups excluding tert-OH is 14. The van der Waals surface area contributed by atoms with Crippen molar-refractivity contribution in [2.45, 2.75) is 185 Å². The van der Waals surface area contributed by atoms with Crippen molar-refractivity contribution in [1.29, 1.82) is 0 Å². The zero-order valence-electron chi connectivity index (χ0n) is 40.8. The Kier molecular flexibility index (Phi) is 21.9. The SMILES string of the molecule is CC(=O)N[C@@H]1[C@@H](O)[C@H](O)[C@@H](CO[C@@H]2O[C@H](CO[C@]3(C(=O)O)C[C@@H](O[C@]4(C(=O)O)C[C@@H](O[C@]5(C(=O)O)C[C@@H](O)[C@@H](O)[C@@H]([C@H](O)CO)O5)[C@@H](O)[C@@H]([C@H](O)CO)O4)[C@@H](O)[C@@H]([C@H](O)CO)O3)[C@@H](OP(=O)(O)O)[C@H](O)[C@H]2NC(C)=O)O[C@@H]1O. The molecule has 38 heteroatoms. The number of carbonyl (C=O) groups is 5. The Morgan fingerprint density at radius 1 is 0.577 bits per heavy atom. The molecule has 0 aromatic carbocycles. The molecule has 0 bridgehead atoms. The maximum atomic E-state index is 13.4. The van der Waals surface area contributed by atoms with Gasteiger partial charge in [0.15, 0.2) is 12.6 Å². The first-order valence-corrected chi connectivity index (χ1v) is 25.0. The highest BCUT2D eigenvalue weighted by Gasteiger charge is 2.64. The first kappa shape index (κ1) is 65.4. The molecule has 0 saturated carbocycles. The molecule has 5 rings (SSSR count). The molecule has 5 aliphatic heterocycles. The third-order valence-corrected chi connectivity index (χ3v) is 13.7. The lowest BCUT2D eigenvalue weighted by Gasteiger charge is -2.52. The average Bonchev–Trinajstić information content (AvgIpc) is 3.41. The quantitative estimate of drug-likeness (QED) is 0.0423. The molecule has 21 N–H and O–H groups in total. The summed E-state index contributed by atoms with van der Waals surface area (Å²) in [6, 6.07) is -3.49. The number of rotatable bonds is 23. The van der Waals surface area contributed by atoms with E-state index in [0.29, 0.717) is 0 Å². The van der Waals surface area contributed by atoms with E-state index in [2.05, 4.69) is 10.6 Å². The number of aliphatic carboxylic acids is 3. The number of hydrogen-bond donors (Lipinski definition) is 21. The minimum atomic E-state index is -5.77. The summed E-state index contributed by atoms with van der Waals surface area (Å²) in [4.78, 5) is 83.4. The van der Waals surface area contributed by atoms with Gasteiger partial charge in [0.2, 0.25) is 11.8 Å². The second-order valence-corrected chi connectivity index (χ2v) is 20.1. The maximum Gasteiger partial charge on any atom is 0.470 e. The number of carboxylic acids is 3. The normalized spacial score (nSPS) is 42.7. The second kappa shape index (κ2) is 26.2. The minimum absolute atomic E-state index is 0.754. The summed E-state index contributed by atoms with van der Waals surface area (Å²) in [5.74, 6) is -18.8. The van der Waals surface area contributed by atoms with Gasteiger partial charge in [-0.05, 0) is 0 Å². The van der Waals surface area contributed by atoms with E-state index in [1.165, 1.54) is 0 Å². The van der Waals surface area contributed by atoms with Crippen LogP contribution in [0.2, 0.25) is 0 Å². The van der Waals surface area contributed by atoms with Gasteiger partial charge in [0.05, 0.1) is 51.3 Å². The fourth-order valence-corrected chi connectivity index (χ4v) is 9.92. The number of carbonyl (C=O) groups excluding carboxylic acids is 2. The van der Waals surface area contributed by atoms with Crippen LogP contribution in [0.15, 0.2) is 0 Å². The zero-order chi connectivity index (χ0) is 58.7. The number of nitrogens with one attached hydrogen (secondary N) is 2. The Morgan fingerprint density at radius 2 is 1.01 bits per heavy atom. The maximum absolute atomic E-state index is 13.4. The standard InChI is InChI=1S/C40H65N2O35P/c1-11(46)41-21-27(56)24(53)19(70-33(21)58)9-68-34-22(42-12(2)47)28(57)32(77-78(65,66)67)20(71-34)10-69-38(35(59)60)4-17(25(54)30(74-38)15(50)7-44)73-40(37(63)64)5-18(26(55)31(76-40)16(51)8-45)72-39(36(61)62)3-13(48)23(52)29(75-39)14(49)6-43/h13-34,43-45,48-58H,3-10H2,1-2H3,(H,41,46)(H,42,47)(H,59,60)(H,61,62)(H,63,64)(H2,65,66,67)/t13-,14-,15-,16-,17-,18-,19-,20-,21-,22-,23-,24-,25-,26-,27-,28-,29-,30-,31-,32-,33+,34-,38-,39-,40-/m1/s1. The molecule has 5 heterocycles. The zero-order valence-corrected chi connectivity index (χ0v) is 41.7. The molecule has 0 unspecified atom stereocenters. The van der Waals surface area contributed by atoms with Crippen molar-refractivity contribution >= 4 is 37.5 Å². The molecule has 5 saturated heterocycles. The van der Waals surface area contributed by atoms with Gasteiger partial charge in [-0.25, -0.2) is 18.9 Å². The molecule has 5 aliphatic rings. The molecule has 0 aliphatic carbocycles. The smallest absolute Gasteiger partial charge is 0.470 e. The fraction of sp³-hybridized carbons (Fsp3) is 0.875. The molecule has 2 amide bonds. The van der Waals surface area contributed by atoms with Gasteiger partial charge in [-0.15, -0.1) is 0 Å². The van der Waals surface area contributed by atoms with Gasteiger partial charge in [-0.1, -0.05) is 0 Å². The van der Waals surface area contributed by atoms with Gasteiger partial charge in [0.25, 0.3) is 17.4 Å². The van der Waals surface area contributed by atoms with Crippen molar-refractivity contribution in [2.75, 3.05) is 33.0 Å². The predicted molar refractivity (Wildman–Crippen MR) is 234 cm³/mol. The Balaban J connectivity index is 1.52. The van der Waals surface area contributed by atoms with Gasteiger partial charge in [0.1, 0.15) is 104 Å². The van der Waals surface area contributed by atoms with Gasteiger partial charge in [0, 0.05) is 33.1 Å². The summed E-state index contributed by atoms with van der Waals surface area (Å²) in [6.07, 6.45) is -49.0. The highest BCUT2D eigenvalue weighted by molar-refractivity contribution is 7.46. The van der Waals surface area contributed by atoms with Crippen molar-refractivity contribution in [3.8, 4) is 0 Å². The number of phosphoric acid groups is 1. The van der Waals surface area contributed by atoms with Crippen LogP contribution >= 0.6 is 7.82 Å². The largest absolute Gasteiger partial charge is 0.477 e. The van der Waals surface area contributed by atoms with Crippen LogP contribution in [-0.4, -0.2) is 311 Å². The molecular weight excluding hydrogens is 1100 g/mol. The summed E-state index contributed by atoms with van der Waals surface area (Å²) >= 11 is 0. The lowest BCUT2D eigenvalue weighted by Crippen LogP contribution is -2.70. The molecule has 0 aromatic rings. The number of carboxylic acid groups (broad SMARTS) is 3. The van der Waals surface area contributed by atoms with E-state index in [-0.39, 0.29) is 0 Å². The third-order valence-electron chi connectivity index (χ3n) is 13.2. The van der Waals surface area contributed by atoms with E-state index < -0.39 is 242 Å². The van der Waals surface area contributed by atoms with Crippen LogP contribution in [0.1, 0.15) is 33.1 Å². The van der Waals surface area contributed by atoms with E-state index in [9.17, 15) is 125 Å². The topological polar surface area (TPSA) is 603 Å². The molecule has 37 nitrogen and oxygen atoms in total. The molecule has 5 fully saturated rings. The van der Waals surface area contributed by atoms with Crippen molar-refractivity contribution < 1.29 is 172 Å². The Labute approximate surface area is 438 Å². The number of aliphatic hydroxyl groups is 14. The van der Waals surface area contributed by atoms with Crippen molar-refractivity contribution in [3.05, 3.63) is 0 Å². The van der Waals surface area contributed by atoms with E-state index in [1.54, 1.807) is 0 Å². The fourth-order valence-electron chi connectivity index (χ4n) is 9.34. The van der Waals surface area contributed by atoms with E-state index >= 15 is 0 Å². The van der Waals surface area contributed by atoms with Gasteiger partial charge in [-0.3, -0.25) is 14.1 Å². The van der Waals surface area contributed by atoms with Gasteiger partial charge < -0.3 is 150 Å². The van der Waals surface area contributed by atoms with Crippen molar-refractivity contribution in [1.82, 2.24) is 10.6 Å². The first-order chi connectivity index (χ1) is 36.2. The average molecular weight is 1160 g/mol. The monoisotopic (exact) mass is 1160 g/mol. The highest BCUT2D eigenvalue weighted by Crippen LogP contribution is 2.45. The van der Waals surface area contributed by atoms with Gasteiger partial charge >= 0.3 is 25.7 Å². The molecule has 0 aromatic heterocycles. The van der Waals surface area contributed by atoms with Crippen LogP contribution in [0, 0.1) is 0 Å². The van der Waals surface area contributed by atoms with Crippen LogP contribution in [0.25, 0.3) is 0 Å². The lowest BCUT2D eigenvalue weighted by atomic mass is 9.89. The molecular formula is C40H65N2O35P. The summed E-state index contributed by atoms with van der Waals surface area (Å²) in [6.45, 7) is -4.43. The lowest BCUT2D eigenvalue weighted by molar-refractivity contribution is -0.394. The Bertz CT molecular complexity index is 2130. The Morgan fingerprint density at radius 3 is 1.46 bits per heavy atom. The molecule has 25 atom stereocenters. The summed E-state index contributed by atoms with van der Waals surface area (Å²) in [7, 11) is -5.77. The number of ether oxygens (including phenoxy) is 9. The van der Waals surface area contributed by atoms with E-state index in [0.717, 1.165) is 13.8 Å². The minimum Gasteiger partial charge on any atom is -0.477 e. The number of phosphoric ester groups is 1. The van der Waals surface area contributed by atoms with Crippen LogP contribution < -0.4 is 10.6 Å². The molecule has 0 spiro atoms. The van der Waals surface area contributed by atoms with E-state index in [4.69, 9.17) is 47.2 Å². The van der Waals surface area contributed by atoms with Gasteiger partial charge in [-0.2, -0.15) is 0 Å². The molecule has 450 valence electrons. The van der Waals surface area contributed by atoms with Crippen molar-refractivity contribution in [3.63, 3.8) is 0 Å². The second-order valence-electron chi connectivity index (χ2n) is 18.9. The number of hydrogen-bond acceptors (Lipinski definition) is 30. The summed E-state index contributed by atoms with van der Waals surface area (Å²) in [5.41, 5.74) is 0. The van der Waals surface area contributed by atoms with Crippen LogP contribution in [0.3, 0.4) is 0 Å². The van der Waals surface area contributed by atoms with Crippen LogP contribution in [0.4, 0.5) is 0 Å². The summed E-state index contributed by atoms with van der Waals surface area (Å²) < 4.78 is 67.1. The van der Waals surface area contributed by atoms with E-state index in [1.807, 2.05) is 0 Å². The highest BCUT2D eigenvalue weighted by atomic mass is 31.2. The van der Waals surface area contributed by atoms with Crippen LogP contribution in [-0.2, 0) is 75.7 Å². The first-order valence-electron chi connectivity index (χ1n) is 23.5. The molecule has 0 radical (unpaired) electrons. The third kappa shape index (κ3) is 14.4. The van der Waals surface area contributed by atoms with Crippen molar-refractivity contribution in [2.24, 2.45) is 0 Å². The summed E-state index contributed by atoms with van der Waals surface area (Å²) in [5, 5.41) is 185. The number of amides is 2. The molecule has 78 heavy (non-hydrogen) atoms. The Hall–Kier alpha value is -3.46.